The summed E-state index contributed by atoms with van der Waals surface area (Å²) in [6.45, 7) is 1.89. The fourth-order valence-corrected chi connectivity index (χ4v) is 2.77. The maximum absolute atomic E-state index is 11.8. The average Bonchev–Trinajstić information content (AvgIpc) is 2.36. The van der Waals surface area contributed by atoms with Crippen molar-refractivity contribution in [3.05, 3.63) is 21.0 Å². The van der Waals surface area contributed by atoms with E-state index in [1.54, 1.807) is 13.2 Å². The average molecular weight is 302 g/mol. The van der Waals surface area contributed by atoms with Gasteiger partial charge in [0.05, 0.1) is 11.9 Å². The number of aromatic nitrogens is 2. The number of anilines is 1. The van der Waals surface area contributed by atoms with Gasteiger partial charge in [0, 0.05) is 26.7 Å². The molecule has 1 fully saturated rings. The van der Waals surface area contributed by atoms with Crippen molar-refractivity contribution in [2.24, 2.45) is 13.0 Å². The second-order valence-electron chi connectivity index (χ2n) is 4.41. The second kappa shape index (κ2) is 5.18. The molecular formula is C11H16BrN3O2. The molecule has 1 aliphatic heterocycles. The van der Waals surface area contributed by atoms with Crippen LogP contribution in [-0.2, 0) is 7.05 Å². The summed E-state index contributed by atoms with van der Waals surface area (Å²) in [5.74, 6) is 0.291. The first-order valence-electron chi connectivity index (χ1n) is 5.71. The van der Waals surface area contributed by atoms with Gasteiger partial charge in [0.2, 0.25) is 0 Å². The number of hydrogen-bond acceptors (Lipinski definition) is 4. The summed E-state index contributed by atoms with van der Waals surface area (Å²) < 4.78 is 1.86. The zero-order valence-corrected chi connectivity index (χ0v) is 11.4. The summed E-state index contributed by atoms with van der Waals surface area (Å²) in [5, 5.41) is 13.2. The van der Waals surface area contributed by atoms with E-state index >= 15 is 0 Å². The van der Waals surface area contributed by atoms with E-state index in [-0.39, 0.29) is 12.2 Å². The van der Waals surface area contributed by atoms with Crippen LogP contribution in [0.2, 0.25) is 0 Å². The first-order valence-corrected chi connectivity index (χ1v) is 6.50. The number of halogens is 1. The summed E-state index contributed by atoms with van der Waals surface area (Å²) in [4.78, 5) is 13.9. The van der Waals surface area contributed by atoms with E-state index in [1.165, 1.54) is 4.68 Å². The smallest absolute Gasteiger partial charge is 0.282 e. The lowest BCUT2D eigenvalue weighted by atomic mass is 9.99. The highest BCUT2D eigenvalue weighted by Gasteiger charge is 2.22. The van der Waals surface area contributed by atoms with Crippen LogP contribution in [0, 0.1) is 5.92 Å². The standard InChI is InChI=1S/C11H16BrN3O2/c1-14-11(17)10(12)9(5-13-14)15-4-2-3-8(6-15)7-16/h5,8,16H,2-4,6-7H2,1H3. The molecule has 94 valence electrons. The third-order valence-electron chi connectivity index (χ3n) is 3.18. The number of aliphatic hydroxyl groups excluding tert-OH is 1. The van der Waals surface area contributed by atoms with Crippen molar-refractivity contribution in [3.8, 4) is 0 Å². The molecule has 6 heteroatoms. The molecular weight excluding hydrogens is 286 g/mol. The highest BCUT2D eigenvalue weighted by molar-refractivity contribution is 9.10. The van der Waals surface area contributed by atoms with Gasteiger partial charge in [-0.05, 0) is 34.7 Å². The molecule has 0 aromatic carbocycles. The Labute approximate surface area is 108 Å². The topological polar surface area (TPSA) is 58.4 Å². The molecule has 1 aromatic heterocycles. The second-order valence-corrected chi connectivity index (χ2v) is 5.20. The van der Waals surface area contributed by atoms with Gasteiger partial charge < -0.3 is 10.0 Å². The van der Waals surface area contributed by atoms with Gasteiger partial charge in [0.25, 0.3) is 5.56 Å². The van der Waals surface area contributed by atoms with Crippen LogP contribution in [0.4, 0.5) is 5.69 Å². The maximum Gasteiger partial charge on any atom is 0.282 e. The Morgan fingerprint density at radius 3 is 3.12 bits per heavy atom. The van der Waals surface area contributed by atoms with Crippen LogP contribution in [0.15, 0.2) is 15.5 Å². The molecule has 0 bridgehead atoms. The lowest BCUT2D eigenvalue weighted by Gasteiger charge is -2.33. The van der Waals surface area contributed by atoms with Gasteiger partial charge >= 0.3 is 0 Å². The lowest BCUT2D eigenvalue weighted by Crippen LogP contribution is -2.38. The summed E-state index contributed by atoms with van der Waals surface area (Å²) in [6.07, 6.45) is 3.78. The lowest BCUT2D eigenvalue weighted by molar-refractivity contribution is 0.208. The first kappa shape index (κ1) is 12.6. The minimum Gasteiger partial charge on any atom is -0.396 e. The summed E-state index contributed by atoms with van der Waals surface area (Å²) in [6, 6.07) is 0. The predicted octanol–water partition coefficient (Wildman–Crippen LogP) is 0.752. The molecule has 1 aromatic rings. The normalized spacial score (nSPS) is 20.6. The van der Waals surface area contributed by atoms with E-state index in [0.29, 0.717) is 10.4 Å². The van der Waals surface area contributed by atoms with E-state index in [1.807, 2.05) is 0 Å². The molecule has 17 heavy (non-hydrogen) atoms. The zero-order chi connectivity index (χ0) is 12.4. The number of aryl methyl sites for hydroxylation is 1. The Bertz CT molecular complexity index is 461. The highest BCUT2D eigenvalue weighted by Crippen LogP contribution is 2.26. The number of nitrogens with zero attached hydrogens (tertiary/aromatic N) is 3. The SMILES string of the molecule is Cn1ncc(N2CCCC(CO)C2)c(Br)c1=O. The number of hydrogen-bond donors (Lipinski definition) is 1. The number of piperidine rings is 1. The molecule has 0 spiro atoms. The molecule has 2 rings (SSSR count). The Morgan fingerprint density at radius 2 is 2.41 bits per heavy atom. The predicted molar refractivity (Wildman–Crippen MR) is 69.2 cm³/mol. The molecule has 0 aliphatic carbocycles. The molecule has 0 radical (unpaired) electrons. The molecule has 1 saturated heterocycles. The van der Waals surface area contributed by atoms with Crippen molar-refractivity contribution < 1.29 is 5.11 Å². The summed E-state index contributed by atoms with van der Waals surface area (Å²) in [7, 11) is 1.63. The molecule has 2 heterocycles. The molecule has 1 atom stereocenters. The van der Waals surface area contributed by atoms with E-state index in [9.17, 15) is 9.90 Å². The van der Waals surface area contributed by atoms with E-state index in [4.69, 9.17) is 0 Å². The molecule has 1 unspecified atom stereocenters. The van der Waals surface area contributed by atoms with Gasteiger partial charge in [0.1, 0.15) is 4.47 Å². The molecule has 1 N–H and O–H groups in total. The van der Waals surface area contributed by atoms with Crippen molar-refractivity contribution in [1.29, 1.82) is 0 Å². The minimum atomic E-state index is -0.131. The van der Waals surface area contributed by atoms with Crippen molar-refractivity contribution in [2.45, 2.75) is 12.8 Å². The number of aliphatic hydroxyl groups is 1. The fraction of sp³-hybridized carbons (Fsp3) is 0.636. The molecule has 5 nitrogen and oxygen atoms in total. The van der Waals surface area contributed by atoms with Crippen molar-refractivity contribution >= 4 is 21.6 Å². The monoisotopic (exact) mass is 301 g/mol. The molecule has 0 saturated carbocycles. The molecule has 0 amide bonds. The third kappa shape index (κ3) is 2.52. The molecule has 1 aliphatic rings. The van der Waals surface area contributed by atoms with Crippen LogP contribution < -0.4 is 10.5 Å². The van der Waals surface area contributed by atoms with Crippen LogP contribution in [0.25, 0.3) is 0 Å². The summed E-state index contributed by atoms with van der Waals surface area (Å²) >= 11 is 3.33. The van der Waals surface area contributed by atoms with Gasteiger partial charge in [-0.25, -0.2) is 4.68 Å². The first-order chi connectivity index (χ1) is 8.13. The third-order valence-corrected chi connectivity index (χ3v) is 3.92. The van der Waals surface area contributed by atoms with Crippen LogP contribution in [-0.4, -0.2) is 34.6 Å². The fourth-order valence-electron chi connectivity index (χ4n) is 2.16. The van der Waals surface area contributed by atoms with Gasteiger partial charge in [-0.1, -0.05) is 0 Å². The van der Waals surface area contributed by atoms with Crippen LogP contribution in [0.5, 0.6) is 0 Å². The van der Waals surface area contributed by atoms with E-state index < -0.39 is 0 Å². The zero-order valence-electron chi connectivity index (χ0n) is 9.77. The van der Waals surface area contributed by atoms with Crippen LogP contribution in [0.1, 0.15) is 12.8 Å². The Kier molecular flexibility index (Phi) is 3.83. The van der Waals surface area contributed by atoms with Crippen LogP contribution >= 0.6 is 15.9 Å². The Hall–Kier alpha value is -0.880. The van der Waals surface area contributed by atoms with Gasteiger partial charge in [-0.2, -0.15) is 5.10 Å². The Morgan fingerprint density at radius 1 is 1.65 bits per heavy atom. The quantitative estimate of drug-likeness (QED) is 0.876. The van der Waals surface area contributed by atoms with Crippen LogP contribution in [0.3, 0.4) is 0 Å². The largest absolute Gasteiger partial charge is 0.396 e. The Balaban J connectivity index is 2.28. The number of rotatable bonds is 2. The van der Waals surface area contributed by atoms with E-state index in [2.05, 4.69) is 25.9 Å². The van der Waals surface area contributed by atoms with Gasteiger partial charge in [0.15, 0.2) is 0 Å². The maximum atomic E-state index is 11.8. The van der Waals surface area contributed by atoms with Gasteiger partial charge in [-0.3, -0.25) is 4.79 Å². The van der Waals surface area contributed by atoms with E-state index in [0.717, 1.165) is 31.6 Å². The highest BCUT2D eigenvalue weighted by atomic mass is 79.9. The van der Waals surface area contributed by atoms with Crippen molar-refractivity contribution in [2.75, 3.05) is 24.6 Å². The van der Waals surface area contributed by atoms with Crippen molar-refractivity contribution in [3.63, 3.8) is 0 Å². The van der Waals surface area contributed by atoms with Crippen molar-refractivity contribution in [1.82, 2.24) is 9.78 Å². The summed E-state index contributed by atoms with van der Waals surface area (Å²) in [5.41, 5.74) is 0.694. The van der Waals surface area contributed by atoms with Gasteiger partial charge in [-0.15, -0.1) is 0 Å². The minimum absolute atomic E-state index is 0.131.